The molecule has 0 saturated carbocycles. The maximum Gasteiger partial charge on any atom is 0.165 e. The van der Waals surface area contributed by atoms with Gasteiger partial charge in [0.1, 0.15) is 0 Å². The quantitative estimate of drug-likeness (QED) is 0.174. The molecule has 0 aliphatic carbocycles. The van der Waals surface area contributed by atoms with Crippen molar-refractivity contribution in [3.05, 3.63) is 188 Å². The highest BCUT2D eigenvalue weighted by Gasteiger charge is 2.17. The van der Waals surface area contributed by atoms with Gasteiger partial charge < -0.3 is 0 Å². The molecule has 10 aromatic rings. The first-order chi connectivity index (χ1) is 26.2. The predicted octanol–water partition coefficient (Wildman–Crippen LogP) is 13.4. The highest BCUT2D eigenvalue weighted by molar-refractivity contribution is 7.26. The molecule has 53 heavy (non-hydrogen) atoms. The van der Waals surface area contributed by atoms with Gasteiger partial charge in [0.05, 0.1) is 0 Å². The van der Waals surface area contributed by atoms with Gasteiger partial charge in [0.2, 0.25) is 0 Å². The normalized spacial score (nSPS) is 11.4. The summed E-state index contributed by atoms with van der Waals surface area (Å²) in [6, 6.07) is 66.4. The largest absolute Gasteiger partial charge is 0.208 e. The number of hydrogen-bond acceptors (Lipinski definition) is 4. The molecule has 0 bridgehead atoms. The van der Waals surface area contributed by atoms with Gasteiger partial charge in [-0.25, -0.2) is 15.0 Å². The van der Waals surface area contributed by atoms with Gasteiger partial charge in [0, 0.05) is 36.9 Å². The monoisotopic (exact) mass is 693 g/mol. The van der Waals surface area contributed by atoms with Crippen LogP contribution < -0.4 is 0 Å². The number of fused-ring (bicyclic) bond motifs is 4. The Hall–Kier alpha value is -6.75. The molecule has 0 aliphatic heterocycles. The van der Waals surface area contributed by atoms with E-state index in [0.717, 1.165) is 33.2 Å². The second-order valence-corrected chi connectivity index (χ2v) is 14.3. The lowest BCUT2D eigenvalue weighted by Gasteiger charge is -2.11. The maximum absolute atomic E-state index is 5.21. The van der Waals surface area contributed by atoms with Crippen molar-refractivity contribution < 1.29 is 0 Å². The van der Waals surface area contributed by atoms with E-state index < -0.39 is 0 Å². The minimum absolute atomic E-state index is 0.646. The van der Waals surface area contributed by atoms with Crippen molar-refractivity contribution in [1.29, 1.82) is 0 Å². The van der Waals surface area contributed by atoms with Crippen molar-refractivity contribution >= 4 is 42.3 Å². The number of thiophene rings is 1. The van der Waals surface area contributed by atoms with Crippen molar-refractivity contribution in [2.75, 3.05) is 0 Å². The van der Waals surface area contributed by atoms with E-state index in [4.69, 9.17) is 15.0 Å². The van der Waals surface area contributed by atoms with E-state index in [9.17, 15) is 0 Å². The van der Waals surface area contributed by atoms with E-state index in [1.54, 1.807) is 11.3 Å². The lowest BCUT2D eigenvalue weighted by atomic mass is 9.97. The summed E-state index contributed by atoms with van der Waals surface area (Å²) in [4.78, 5) is 15.6. The molecule has 0 aliphatic rings. The molecule has 2 aromatic heterocycles. The van der Waals surface area contributed by atoms with Crippen molar-refractivity contribution in [1.82, 2.24) is 15.0 Å². The van der Waals surface area contributed by atoms with Gasteiger partial charge in [-0.05, 0) is 74.5 Å². The van der Waals surface area contributed by atoms with E-state index in [-0.39, 0.29) is 0 Å². The summed E-state index contributed by atoms with van der Waals surface area (Å²) in [5.74, 6) is 1.96. The Morgan fingerprint density at radius 3 is 1.53 bits per heavy atom. The van der Waals surface area contributed by atoms with Crippen LogP contribution in [0.25, 0.3) is 98.5 Å². The van der Waals surface area contributed by atoms with E-state index in [1.807, 2.05) is 6.07 Å². The van der Waals surface area contributed by atoms with Crippen molar-refractivity contribution in [3.63, 3.8) is 0 Å². The highest BCUT2D eigenvalue weighted by atomic mass is 32.1. The van der Waals surface area contributed by atoms with Gasteiger partial charge in [-0.15, -0.1) is 11.3 Å². The molecule has 0 radical (unpaired) electrons. The van der Waals surface area contributed by atoms with E-state index in [2.05, 4.69) is 182 Å². The molecule has 0 fully saturated rings. The lowest BCUT2D eigenvalue weighted by Crippen LogP contribution is -2.00. The summed E-state index contributed by atoms with van der Waals surface area (Å²) >= 11 is 1.79. The standard InChI is InChI=1S/C49H31N3S/c1-3-11-32(12-4-1)34-21-23-35(24-22-34)38-27-25-36-26-28-40(31-41(36)30-38)48-50-47(39-16-9-15-37(29-39)33-13-5-2-6-14-33)51-49(52-48)44-19-10-18-43-42-17-7-8-20-45(42)53-46(43)44/h1-31H. The van der Waals surface area contributed by atoms with Crippen LogP contribution in [0.5, 0.6) is 0 Å². The van der Waals surface area contributed by atoms with Crippen LogP contribution in [0.3, 0.4) is 0 Å². The number of nitrogens with zero attached hydrogens (tertiary/aromatic N) is 3. The maximum atomic E-state index is 5.21. The number of aromatic nitrogens is 3. The zero-order valence-corrected chi connectivity index (χ0v) is 29.5. The fourth-order valence-electron chi connectivity index (χ4n) is 7.20. The van der Waals surface area contributed by atoms with Crippen LogP contribution >= 0.6 is 11.3 Å². The Morgan fingerprint density at radius 2 is 0.774 bits per heavy atom. The molecule has 0 N–H and O–H groups in total. The van der Waals surface area contributed by atoms with Gasteiger partial charge in [0.25, 0.3) is 0 Å². The highest BCUT2D eigenvalue weighted by Crippen LogP contribution is 2.40. The zero-order chi connectivity index (χ0) is 35.1. The number of benzene rings is 8. The van der Waals surface area contributed by atoms with E-state index in [1.165, 1.54) is 47.8 Å². The Bertz CT molecular complexity index is 2930. The summed E-state index contributed by atoms with van der Waals surface area (Å²) in [5, 5.41) is 4.76. The molecule has 248 valence electrons. The van der Waals surface area contributed by atoms with Crippen LogP contribution in [0.2, 0.25) is 0 Å². The number of hydrogen-bond donors (Lipinski definition) is 0. The Kier molecular flexibility index (Phi) is 7.67. The lowest BCUT2D eigenvalue weighted by molar-refractivity contribution is 1.08. The smallest absolute Gasteiger partial charge is 0.165 e. The van der Waals surface area contributed by atoms with Gasteiger partial charge in [-0.2, -0.15) is 0 Å². The fourth-order valence-corrected chi connectivity index (χ4v) is 8.41. The summed E-state index contributed by atoms with van der Waals surface area (Å²) in [6.45, 7) is 0. The summed E-state index contributed by atoms with van der Waals surface area (Å²) in [5.41, 5.74) is 9.94. The molecule has 2 heterocycles. The minimum atomic E-state index is 0.646. The van der Waals surface area contributed by atoms with Gasteiger partial charge in [-0.3, -0.25) is 0 Å². The third-order valence-electron chi connectivity index (χ3n) is 9.93. The molecule has 4 heteroatoms. The molecular formula is C49H31N3S. The molecule has 0 unspecified atom stereocenters. The Balaban J connectivity index is 1.11. The topological polar surface area (TPSA) is 38.7 Å². The third-order valence-corrected chi connectivity index (χ3v) is 11.2. The van der Waals surface area contributed by atoms with E-state index in [0.29, 0.717) is 17.5 Å². The van der Waals surface area contributed by atoms with Gasteiger partial charge in [-0.1, -0.05) is 158 Å². The average Bonchev–Trinajstić information content (AvgIpc) is 3.63. The first-order valence-electron chi connectivity index (χ1n) is 17.8. The first kappa shape index (κ1) is 31.0. The molecule has 0 atom stereocenters. The second-order valence-electron chi connectivity index (χ2n) is 13.3. The van der Waals surface area contributed by atoms with Crippen molar-refractivity contribution in [2.45, 2.75) is 0 Å². The van der Waals surface area contributed by atoms with Crippen LogP contribution in [-0.4, -0.2) is 15.0 Å². The molecule has 3 nitrogen and oxygen atoms in total. The average molecular weight is 694 g/mol. The summed E-state index contributed by atoms with van der Waals surface area (Å²) < 4.78 is 2.43. The molecule has 0 spiro atoms. The van der Waals surface area contributed by atoms with Gasteiger partial charge >= 0.3 is 0 Å². The van der Waals surface area contributed by atoms with Crippen molar-refractivity contribution in [2.24, 2.45) is 0 Å². The zero-order valence-electron chi connectivity index (χ0n) is 28.6. The van der Waals surface area contributed by atoms with Crippen LogP contribution in [0, 0.1) is 0 Å². The van der Waals surface area contributed by atoms with Crippen LogP contribution in [0.1, 0.15) is 0 Å². The Morgan fingerprint density at radius 1 is 0.302 bits per heavy atom. The summed E-state index contributed by atoms with van der Waals surface area (Å²) in [7, 11) is 0. The second kappa shape index (κ2) is 13.1. The molecule has 8 aromatic carbocycles. The van der Waals surface area contributed by atoms with Crippen LogP contribution in [-0.2, 0) is 0 Å². The first-order valence-corrected chi connectivity index (χ1v) is 18.6. The molecule has 10 rings (SSSR count). The van der Waals surface area contributed by atoms with Crippen LogP contribution in [0.4, 0.5) is 0 Å². The molecular weight excluding hydrogens is 663 g/mol. The van der Waals surface area contributed by atoms with Gasteiger partial charge in [0.15, 0.2) is 17.5 Å². The summed E-state index contributed by atoms with van der Waals surface area (Å²) in [6.07, 6.45) is 0. The SMILES string of the molecule is c1ccc(-c2ccc(-c3ccc4ccc(-c5nc(-c6cccc(-c7ccccc7)c6)nc(-c6cccc7c6sc6ccccc67)n5)cc4c3)cc2)cc1. The predicted molar refractivity (Wildman–Crippen MR) is 223 cm³/mol. The molecule has 0 saturated heterocycles. The number of rotatable bonds is 6. The molecule has 0 amide bonds. The third kappa shape index (κ3) is 5.85. The Labute approximate surface area is 311 Å². The van der Waals surface area contributed by atoms with Crippen LogP contribution in [0.15, 0.2) is 188 Å². The van der Waals surface area contributed by atoms with E-state index >= 15 is 0 Å². The van der Waals surface area contributed by atoms with Crippen molar-refractivity contribution in [3.8, 4) is 67.5 Å². The minimum Gasteiger partial charge on any atom is -0.208 e. The fraction of sp³-hybridized carbons (Fsp3) is 0.